The first-order chi connectivity index (χ1) is 9.72. The first-order valence-corrected chi connectivity index (χ1v) is 7.90. The monoisotopic (exact) mass is 278 g/mol. The fourth-order valence-electron chi connectivity index (χ4n) is 3.24. The molecule has 1 atom stereocenters. The number of hydrogen-bond donors (Lipinski definition) is 1. The Morgan fingerprint density at radius 3 is 2.60 bits per heavy atom. The summed E-state index contributed by atoms with van der Waals surface area (Å²) in [6, 6.07) is 7.87. The van der Waals surface area contributed by atoms with Crippen molar-refractivity contribution >= 4 is 0 Å². The molecule has 1 N–H and O–H groups in total. The van der Waals surface area contributed by atoms with Crippen LogP contribution in [0.4, 0.5) is 4.39 Å². The fourth-order valence-corrected chi connectivity index (χ4v) is 3.24. The van der Waals surface area contributed by atoms with E-state index in [2.05, 4.69) is 24.2 Å². The Hall–Kier alpha value is -0.930. The number of hydrogen-bond acceptors (Lipinski definition) is 2. The largest absolute Gasteiger partial charge is 0.309 e. The maximum Gasteiger partial charge on any atom is 0.128 e. The number of nitrogens with one attached hydrogen (secondary N) is 1. The molecule has 3 heteroatoms. The van der Waals surface area contributed by atoms with E-state index in [1.54, 1.807) is 12.1 Å². The second-order valence-corrected chi connectivity index (χ2v) is 5.86. The van der Waals surface area contributed by atoms with Crippen molar-refractivity contribution in [3.05, 3.63) is 35.6 Å². The fraction of sp³-hybridized carbons (Fsp3) is 0.647. The Kier molecular flexibility index (Phi) is 5.99. The number of benzene rings is 1. The predicted molar refractivity (Wildman–Crippen MR) is 82.3 cm³/mol. The first kappa shape index (κ1) is 15.5. The van der Waals surface area contributed by atoms with E-state index in [0.29, 0.717) is 6.04 Å². The van der Waals surface area contributed by atoms with Crippen molar-refractivity contribution in [3.8, 4) is 0 Å². The molecule has 0 bridgehead atoms. The first-order valence-electron chi connectivity index (χ1n) is 7.90. The summed E-state index contributed by atoms with van der Waals surface area (Å²) in [4.78, 5) is 2.42. The molecule has 2 rings (SSSR count). The van der Waals surface area contributed by atoms with Gasteiger partial charge in [-0.25, -0.2) is 4.39 Å². The molecule has 0 radical (unpaired) electrons. The van der Waals surface area contributed by atoms with Gasteiger partial charge in [-0.3, -0.25) is 0 Å². The Balaban J connectivity index is 2.03. The minimum atomic E-state index is -0.101. The van der Waals surface area contributed by atoms with Gasteiger partial charge in [0.2, 0.25) is 0 Å². The predicted octanol–water partition coefficient (Wildman–Crippen LogP) is 3.74. The van der Waals surface area contributed by atoms with Gasteiger partial charge in [-0.2, -0.15) is 0 Å². The van der Waals surface area contributed by atoms with Gasteiger partial charge < -0.3 is 10.2 Å². The normalized spacial score (nSPS) is 18.4. The molecule has 2 nitrogen and oxygen atoms in total. The molecule has 112 valence electrons. The lowest BCUT2D eigenvalue weighted by Gasteiger charge is -2.34. The molecule has 1 aliphatic carbocycles. The van der Waals surface area contributed by atoms with E-state index >= 15 is 0 Å². The average molecular weight is 278 g/mol. The van der Waals surface area contributed by atoms with Gasteiger partial charge in [0.05, 0.1) is 0 Å². The van der Waals surface area contributed by atoms with Gasteiger partial charge in [0.15, 0.2) is 0 Å². The zero-order chi connectivity index (χ0) is 14.4. The van der Waals surface area contributed by atoms with Gasteiger partial charge in [-0.05, 0) is 32.5 Å². The highest BCUT2D eigenvalue weighted by Crippen LogP contribution is 2.24. The zero-order valence-electron chi connectivity index (χ0n) is 12.7. The summed E-state index contributed by atoms with van der Waals surface area (Å²) in [5.41, 5.74) is 0.789. The minimum absolute atomic E-state index is 0.0770. The van der Waals surface area contributed by atoms with Gasteiger partial charge >= 0.3 is 0 Å². The quantitative estimate of drug-likeness (QED) is 0.852. The minimum Gasteiger partial charge on any atom is -0.309 e. The van der Waals surface area contributed by atoms with Crippen molar-refractivity contribution in [2.45, 2.75) is 51.1 Å². The highest BCUT2D eigenvalue weighted by molar-refractivity contribution is 5.21. The summed E-state index contributed by atoms with van der Waals surface area (Å²) >= 11 is 0. The molecule has 1 saturated carbocycles. The van der Waals surface area contributed by atoms with Crippen molar-refractivity contribution < 1.29 is 4.39 Å². The number of halogens is 1. The van der Waals surface area contributed by atoms with Crippen LogP contribution in [-0.4, -0.2) is 31.1 Å². The van der Waals surface area contributed by atoms with Crippen molar-refractivity contribution in [1.82, 2.24) is 10.2 Å². The summed E-state index contributed by atoms with van der Waals surface area (Å²) in [6.07, 6.45) is 6.61. The number of rotatable bonds is 6. The van der Waals surface area contributed by atoms with Crippen LogP contribution in [-0.2, 0) is 0 Å². The van der Waals surface area contributed by atoms with Crippen LogP contribution in [0.5, 0.6) is 0 Å². The molecule has 20 heavy (non-hydrogen) atoms. The van der Waals surface area contributed by atoms with Crippen molar-refractivity contribution in [3.63, 3.8) is 0 Å². The van der Waals surface area contributed by atoms with Gasteiger partial charge in [-0.15, -0.1) is 0 Å². The lowest BCUT2D eigenvalue weighted by atomic mass is 9.94. The standard InChI is InChI=1S/C17H27FN2/c1-3-19-17(15-11-7-8-12-16(15)18)13-20(2)14-9-5-4-6-10-14/h7-8,11-12,14,17,19H,3-6,9-10,13H2,1-2H3. The SMILES string of the molecule is CCNC(CN(C)C1CCCCC1)c1ccccc1F. The molecule has 0 aromatic heterocycles. The van der Waals surface area contributed by atoms with E-state index in [1.165, 1.54) is 32.1 Å². The van der Waals surface area contributed by atoms with Crippen LogP contribution >= 0.6 is 0 Å². The summed E-state index contributed by atoms with van der Waals surface area (Å²) in [6.45, 7) is 3.81. The maximum atomic E-state index is 14.0. The number of likely N-dealkylation sites (N-methyl/N-ethyl adjacent to an activating group) is 2. The van der Waals surface area contributed by atoms with E-state index in [-0.39, 0.29) is 11.9 Å². The van der Waals surface area contributed by atoms with Gasteiger partial charge in [-0.1, -0.05) is 44.4 Å². The van der Waals surface area contributed by atoms with Crippen LogP contribution in [0.2, 0.25) is 0 Å². The summed E-state index contributed by atoms with van der Waals surface area (Å²) in [5.74, 6) is -0.101. The Bertz CT molecular complexity index is 402. The summed E-state index contributed by atoms with van der Waals surface area (Å²) in [7, 11) is 2.18. The highest BCUT2D eigenvalue weighted by atomic mass is 19.1. The van der Waals surface area contributed by atoms with E-state index in [1.807, 2.05) is 12.1 Å². The van der Waals surface area contributed by atoms with Gasteiger partial charge in [0.25, 0.3) is 0 Å². The lowest BCUT2D eigenvalue weighted by molar-refractivity contribution is 0.174. The topological polar surface area (TPSA) is 15.3 Å². The highest BCUT2D eigenvalue weighted by Gasteiger charge is 2.22. The molecular formula is C17H27FN2. The third kappa shape index (κ3) is 4.03. The van der Waals surface area contributed by atoms with E-state index in [9.17, 15) is 4.39 Å². The van der Waals surface area contributed by atoms with E-state index in [0.717, 1.165) is 18.7 Å². The Morgan fingerprint density at radius 1 is 1.25 bits per heavy atom. The van der Waals surface area contributed by atoms with Gasteiger partial charge in [0, 0.05) is 24.2 Å². The molecule has 0 aliphatic heterocycles. The van der Waals surface area contributed by atoms with Crippen LogP contribution in [0.25, 0.3) is 0 Å². The molecule has 0 heterocycles. The second kappa shape index (κ2) is 7.75. The average Bonchev–Trinajstić information content (AvgIpc) is 2.48. The van der Waals surface area contributed by atoms with Crippen molar-refractivity contribution in [2.24, 2.45) is 0 Å². The van der Waals surface area contributed by atoms with Crippen LogP contribution < -0.4 is 5.32 Å². The smallest absolute Gasteiger partial charge is 0.128 e. The van der Waals surface area contributed by atoms with Crippen LogP contribution in [0.3, 0.4) is 0 Å². The van der Waals surface area contributed by atoms with E-state index in [4.69, 9.17) is 0 Å². The number of nitrogens with zero attached hydrogens (tertiary/aromatic N) is 1. The maximum absolute atomic E-state index is 14.0. The third-order valence-corrected chi connectivity index (χ3v) is 4.40. The van der Waals surface area contributed by atoms with Crippen LogP contribution in [0.15, 0.2) is 24.3 Å². The molecule has 1 aromatic rings. The molecule has 0 saturated heterocycles. The van der Waals surface area contributed by atoms with Crippen molar-refractivity contribution in [1.29, 1.82) is 0 Å². The molecular weight excluding hydrogens is 251 g/mol. The third-order valence-electron chi connectivity index (χ3n) is 4.40. The van der Waals surface area contributed by atoms with Gasteiger partial charge in [0.1, 0.15) is 5.82 Å². The molecule has 1 aliphatic rings. The molecule has 0 amide bonds. The summed E-state index contributed by atoms with van der Waals surface area (Å²) in [5, 5.41) is 3.43. The lowest BCUT2D eigenvalue weighted by Crippen LogP contribution is -2.40. The Morgan fingerprint density at radius 2 is 1.95 bits per heavy atom. The van der Waals surface area contributed by atoms with E-state index < -0.39 is 0 Å². The van der Waals surface area contributed by atoms with Crippen LogP contribution in [0.1, 0.15) is 50.6 Å². The molecule has 1 unspecified atom stereocenters. The van der Waals surface area contributed by atoms with Crippen molar-refractivity contribution in [2.75, 3.05) is 20.1 Å². The zero-order valence-corrected chi connectivity index (χ0v) is 12.7. The second-order valence-electron chi connectivity index (χ2n) is 5.86. The molecule has 1 fully saturated rings. The molecule has 0 spiro atoms. The van der Waals surface area contributed by atoms with Crippen LogP contribution in [0, 0.1) is 5.82 Å². The Labute approximate surface area is 122 Å². The summed E-state index contributed by atoms with van der Waals surface area (Å²) < 4.78 is 14.0. The molecule has 1 aromatic carbocycles.